The zero-order valence-electron chi connectivity index (χ0n) is 12.6. The number of aromatic nitrogens is 3. The molecule has 6 nitrogen and oxygen atoms in total. The van der Waals surface area contributed by atoms with Crippen molar-refractivity contribution < 1.29 is 18.0 Å². The van der Waals surface area contributed by atoms with Crippen LogP contribution >= 0.6 is 23.1 Å². The first-order chi connectivity index (χ1) is 11.8. The van der Waals surface area contributed by atoms with Gasteiger partial charge in [0.15, 0.2) is 0 Å². The van der Waals surface area contributed by atoms with Crippen molar-refractivity contribution in [2.75, 3.05) is 13.1 Å². The second-order valence-electron chi connectivity index (χ2n) is 5.54. The summed E-state index contributed by atoms with van der Waals surface area (Å²) in [5.41, 5.74) is -1.48. The van der Waals surface area contributed by atoms with E-state index in [0.29, 0.717) is 25.9 Å². The van der Waals surface area contributed by atoms with E-state index in [9.17, 15) is 22.8 Å². The minimum Gasteiger partial charge on any atom is -0.338 e. The van der Waals surface area contributed by atoms with Gasteiger partial charge >= 0.3 is 6.18 Å². The molecule has 134 valence electrons. The van der Waals surface area contributed by atoms with Crippen LogP contribution < -0.4 is 5.56 Å². The van der Waals surface area contributed by atoms with Gasteiger partial charge < -0.3 is 4.90 Å². The zero-order valence-corrected chi connectivity index (χ0v) is 14.2. The van der Waals surface area contributed by atoms with Crippen LogP contribution in [-0.4, -0.2) is 38.2 Å². The number of alkyl halides is 3. The SMILES string of the molecule is O=C(c1s[nH]c(=O)c1Cl)N1CCC(c2nccc(C(F)(F)F)n2)CC1. The Kier molecular flexibility index (Phi) is 4.83. The Bertz CT molecular complexity index is 843. The number of H-pyrrole nitrogens is 1. The number of piperidine rings is 1. The molecule has 0 bridgehead atoms. The van der Waals surface area contributed by atoms with Crippen LogP contribution in [0, 0.1) is 0 Å². The summed E-state index contributed by atoms with van der Waals surface area (Å²) in [6, 6.07) is 0.831. The van der Waals surface area contributed by atoms with Gasteiger partial charge in [-0.15, -0.1) is 0 Å². The Labute approximate surface area is 148 Å². The molecule has 1 saturated heterocycles. The molecule has 1 aliphatic heterocycles. The lowest BCUT2D eigenvalue weighted by molar-refractivity contribution is -0.141. The van der Waals surface area contributed by atoms with E-state index >= 15 is 0 Å². The highest BCUT2D eigenvalue weighted by Crippen LogP contribution is 2.31. The highest BCUT2D eigenvalue weighted by molar-refractivity contribution is 7.08. The maximum Gasteiger partial charge on any atom is 0.433 e. The van der Waals surface area contributed by atoms with Gasteiger partial charge in [0, 0.05) is 25.2 Å². The molecule has 11 heteroatoms. The lowest BCUT2D eigenvalue weighted by Gasteiger charge is -2.31. The summed E-state index contributed by atoms with van der Waals surface area (Å²) in [4.78, 5) is 32.9. The van der Waals surface area contributed by atoms with Crippen molar-refractivity contribution in [3.63, 3.8) is 0 Å². The molecule has 25 heavy (non-hydrogen) atoms. The lowest BCUT2D eigenvalue weighted by Crippen LogP contribution is -2.38. The minimum atomic E-state index is -4.52. The Hall–Kier alpha value is -1.94. The van der Waals surface area contributed by atoms with Crippen LogP contribution in [0.3, 0.4) is 0 Å². The average molecular weight is 393 g/mol. The van der Waals surface area contributed by atoms with E-state index in [1.165, 1.54) is 4.90 Å². The fraction of sp³-hybridized carbons (Fsp3) is 0.429. The number of nitrogens with zero attached hydrogens (tertiary/aromatic N) is 3. The van der Waals surface area contributed by atoms with Crippen molar-refractivity contribution in [2.24, 2.45) is 0 Å². The van der Waals surface area contributed by atoms with Crippen LogP contribution in [0.2, 0.25) is 5.02 Å². The molecule has 3 heterocycles. The molecule has 0 radical (unpaired) electrons. The number of carbonyl (C=O) groups excluding carboxylic acids is 1. The van der Waals surface area contributed by atoms with Crippen LogP contribution in [0.4, 0.5) is 13.2 Å². The number of hydrogen-bond acceptors (Lipinski definition) is 5. The van der Waals surface area contributed by atoms with Crippen molar-refractivity contribution in [2.45, 2.75) is 24.9 Å². The number of likely N-dealkylation sites (tertiary alicyclic amines) is 1. The number of nitrogens with one attached hydrogen (secondary N) is 1. The van der Waals surface area contributed by atoms with Crippen molar-refractivity contribution >= 4 is 29.0 Å². The third kappa shape index (κ3) is 3.69. The van der Waals surface area contributed by atoms with Gasteiger partial charge in [-0.25, -0.2) is 9.97 Å². The molecular formula is C14H12ClF3N4O2S. The topological polar surface area (TPSA) is 79.0 Å². The van der Waals surface area contributed by atoms with Gasteiger partial charge in [0.2, 0.25) is 0 Å². The highest BCUT2D eigenvalue weighted by atomic mass is 35.5. The molecule has 1 fully saturated rings. The minimum absolute atomic E-state index is 0.131. The fourth-order valence-electron chi connectivity index (χ4n) is 2.64. The summed E-state index contributed by atoms with van der Waals surface area (Å²) in [5.74, 6) is -0.491. The lowest BCUT2D eigenvalue weighted by atomic mass is 9.95. The van der Waals surface area contributed by atoms with Crippen molar-refractivity contribution in [1.82, 2.24) is 19.2 Å². The molecule has 1 aliphatic rings. The Morgan fingerprint density at radius 2 is 2.04 bits per heavy atom. The second kappa shape index (κ2) is 6.75. The highest BCUT2D eigenvalue weighted by Gasteiger charge is 2.34. The average Bonchev–Trinajstić information content (AvgIpc) is 2.93. The van der Waals surface area contributed by atoms with E-state index in [-0.39, 0.29) is 27.5 Å². The molecule has 0 atom stereocenters. The van der Waals surface area contributed by atoms with E-state index in [0.717, 1.165) is 23.8 Å². The molecule has 1 N–H and O–H groups in total. The third-order valence-electron chi connectivity index (χ3n) is 3.95. The van der Waals surface area contributed by atoms with Crippen LogP contribution in [-0.2, 0) is 6.18 Å². The van der Waals surface area contributed by atoms with Gasteiger partial charge in [-0.05, 0) is 18.9 Å². The maximum absolute atomic E-state index is 12.7. The summed E-state index contributed by atoms with van der Waals surface area (Å²) >= 11 is 6.67. The Morgan fingerprint density at radius 3 is 2.60 bits per heavy atom. The molecule has 0 saturated carbocycles. The molecule has 0 aliphatic carbocycles. The maximum atomic E-state index is 12.7. The monoisotopic (exact) mass is 392 g/mol. The molecule has 0 aromatic carbocycles. The van der Waals surface area contributed by atoms with Gasteiger partial charge in [0.1, 0.15) is 21.4 Å². The molecule has 0 unspecified atom stereocenters. The van der Waals surface area contributed by atoms with Crippen LogP contribution in [0.15, 0.2) is 17.1 Å². The summed E-state index contributed by atoms with van der Waals surface area (Å²) < 4.78 is 40.6. The zero-order chi connectivity index (χ0) is 18.2. The summed E-state index contributed by atoms with van der Waals surface area (Å²) in [6.45, 7) is 0.650. The Morgan fingerprint density at radius 1 is 1.36 bits per heavy atom. The standard InChI is InChI=1S/C14H12ClF3N4O2S/c15-9-10(25-21-12(9)23)13(24)22-5-2-7(3-6-22)11-19-4-1-8(20-11)14(16,17)18/h1,4,7H,2-3,5-6H2,(H,21,23). The first-order valence-corrected chi connectivity index (χ1v) is 8.53. The van der Waals surface area contributed by atoms with Crippen LogP contribution in [0.25, 0.3) is 0 Å². The summed E-state index contributed by atoms with van der Waals surface area (Å²) in [7, 11) is 0. The van der Waals surface area contributed by atoms with E-state index in [1.807, 2.05) is 0 Å². The van der Waals surface area contributed by atoms with E-state index in [4.69, 9.17) is 11.6 Å². The van der Waals surface area contributed by atoms with E-state index < -0.39 is 17.4 Å². The van der Waals surface area contributed by atoms with Gasteiger partial charge in [-0.2, -0.15) is 13.2 Å². The number of hydrogen-bond donors (Lipinski definition) is 1. The predicted octanol–water partition coefficient (Wildman–Crippen LogP) is 2.92. The van der Waals surface area contributed by atoms with E-state index in [1.54, 1.807) is 0 Å². The third-order valence-corrected chi connectivity index (χ3v) is 5.29. The van der Waals surface area contributed by atoms with Gasteiger partial charge in [-0.3, -0.25) is 14.0 Å². The van der Waals surface area contributed by atoms with Crippen molar-refractivity contribution in [1.29, 1.82) is 0 Å². The first kappa shape index (κ1) is 17.9. The van der Waals surface area contributed by atoms with Crippen LogP contribution in [0.1, 0.15) is 39.9 Å². The number of aromatic amines is 1. The van der Waals surface area contributed by atoms with Crippen molar-refractivity contribution in [3.8, 4) is 0 Å². The molecule has 1 amide bonds. The second-order valence-corrected chi connectivity index (χ2v) is 6.74. The predicted molar refractivity (Wildman–Crippen MR) is 84.9 cm³/mol. The summed E-state index contributed by atoms with van der Waals surface area (Å²) in [5, 5.41) is -0.140. The smallest absolute Gasteiger partial charge is 0.338 e. The first-order valence-electron chi connectivity index (χ1n) is 7.33. The largest absolute Gasteiger partial charge is 0.433 e. The van der Waals surface area contributed by atoms with Gasteiger partial charge in [-0.1, -0.05) is 23.1 Å². The van der Waals surface area contributed by atoms with E-state index in [2.05, 4.69) is 14.3 Å². The molecule has 3 rings (SSSR count). The van der Waals surface area contributed by atoms with Gasteiger partial charge in [0.25, 0.3) is 11.5 Å². The molecule has 2 aromatic rings. The molecule has 0 spiro atoms. The molecular weight excluding hydrogens is 381 g/mol. The fourth-order valence-corrected chi connectivity index (χ4v) is 3.64. The number of carbonyl (C=O) groups is 1. The van der Waals surface area contributed by atoms with Crippen LogP contribution in [0.5, 0.6) is 0 Å². The number of halogens is 4. The summed E-state index contributed by atoms with van der Waals surface area (Å²) in [6.07, 6.45) is -2.55. The number of rotatable bonds is 2. The Balaban J connectivity index is 1.69. The normalized spacial score (nSPS) is 16.2. The van der Waals surface area contributed by atoms with Crippen molar-refractivity contribution in [3.05, 3.63) is 44.0 Å². The quantitative estimate of drug-likeness (QED) is 0.852. The number of amides is 1. The van der Waals surface area contributed by atoms with Gasteiger partial charge in [0.05, 0.1) is 0 Å². The molecule has 2 aromatic heterocycles.